The minimum absolute atomic E-state index is 0.128. The highest BCUT2D eigenvalue weighted by atomic mass is 32.2. The first kappa shape index (κ1) is 18.4. The fourth-order valence-corrected chi connectivity index (χ4v) is 3.07. The molecule has 2 N–H and O–H groups in total. The molecule has 0 radical (unpaired) electrons. The maximum absolute atomic E-state index is 12.3. The first-order valence-corrected chi connectivity index (χ1v) is 8.75. The standard InChI is InChI=1S/C19H17F3N2OS/c20-19(21,22)13-23-12-14-8-9-16(18-7-4-10-25-18)17(11-14)24-26-15-5-2-1-3-6-15/h1-11,23-24H,12-13H2. The molecule has 0 bridgehead atoms. The second-order valence-electron chi connectivity index (χ2n) is 5.59. The summed E-state index contributed by atoms with van der Waals surface area (Å²) in [6.45, 7) is -0.892. The van der Waals surface area contributed by atoms with Crippen LogP contribution in [-0.2, 0) is 6.54 Å². The Morgan fingerprint density at radius 2 is 1.77 bits per heavy atom. The Labute approximate surface area is 153 Å². The van der Waals surface area contributed by atoms with E-state index in [4.69, 9.17) is 4.42 Å². The van der Waals surface area contributed by atoms with E-state index < -0.39 is 12.7 Å². The van der Waals surface area contributed by atoms with Crippen LogP contribution in [0.3, 0.4) is 0 Å². The zero-order valence-electron chi connectivity index (χ0n) is 13.7. The average Bonchev–Trinajstić information content (AvgIpc) is 3.14. The third kappa shape index (κ3) is 5.31. The van der Waals surface area contributed by atoms with Gasteiger partial charge in [-0.25, -0.2) is 0 Å². The first-order valence-electron chi connectivity index (χ1n) is 7.93. The van der Waals surface area contributed by atoms with Crippen molar-refractivity contribution in [3.05, 3.63) is 72.5 Å². The topological polar surface area (TPSA) is 37.2 Å². The van der Waals surface area contributed by atoms with Crippen LogP contribution in [0.15, 0.2) is 76.2 Å². The molecule has 0 aliphatic heterocycles. The normalized spacial score (nSPS) is 11.5. The molecule has 0 aliphatic rings. The fourth-order valence-electron chi connectivity index (χ4n) is 2.38. The van der Waals surface area contributed by atoms with E-state index in [1.807, 2.05) is 48.5 Å². The Kier molecular flexibility index (Phi) is 5.90. The van der Waals surface area contributed by atoms with E-state index in [0.29, 0.717) is 5.76 Å². The fraction of sp³-hybridized carbons (Fsp3) is 0.158. The van der Waals surface area contributed by atoms with Crippen LogP contribution in [0, 0.1) is 0 Å². The van der Waals surface area contributed by atoms with Crippen LogP contribution in [0.1, 0.15) is 5.56 Å². The van der Waals surface area contributed by atoms with Gasteiger partial charge in [0.2, 0.25) is 0 Å². The van der Waals surface area contributed by atoms with Crippen LogP contribution >= 0.6 is 11.9 Å². The van der Waals surface area contributed by atoms with Crippen molar-refractivity contribution in [1.29, 1.82) is 0 Å². The molecule has 7 heteroatoms. The molecule has 0 saturated heterocycles. The molecule has 0 amide bonds. The quantitative estimate of drug-likeness (QED) is 0.516. The molecule has 3 rings (SSSR count). The lowest BCUT2D eigenvalue weighted by molar-refractivity contribution is -0.125. The zero-order valence-corrected chi connectivity index (χ0v) is 14.5. The summed E-state index contributed by atoms with van der Waals surface area (Å²) in [7, 11) is 0. The van der Waals surface area contributed by atoms with Crippen molar-refractivity contribution in [2.45, 2.75) is 17.6 Å². The van der Waals surface area contributed by atoms with Gasteiger partial charge in [0.25, 0.3) is 0 Å². The van der Waals surface area contributed by atoms with Gasteiger partial charge in [-0.05, 0) is 53.9 Å². The molecule has 26 heavy (non-hydrogen) atoms. The van der Waals surface area contributed by atoms with E-state index in [0.717, 1.165) is 21.7 Å². The largest absolute Gasteiger partial charge is 0.464 e. The summed E-state index contributed by atoms with van der Waals surface area (Å²) in [5.41, 5.74) is 2.37. The van der Waals surface area contributed by atoms with Crippen molar-refractivity contribution in [2.24, 2.45) is 0 Å². The average molecular weight is 378 g/mol. The number of hydrogen-bond donors (Lipinski definition) is 2. The van der Waals surface area contributed by atoms with E-state index >= 15 is 0 Å². The maximum Gasteiger partial charge on any atom is 0.401 e. The molecule has 3 nitrogen and oxygen atoms in total. The van der Waals surface area contributed by atoms with Gasteiger partial charge in [-0.15, -0.1) is 0 Å². The van der Waals surface area contributed by atoms with Crippen LogP contribution in [-0.4, -0.2) is 12.7 Å². The molecule has 0 fully saturated rings. The van der Waals surface area contributed by atoms with Crippen molar-refractivity contribution in [3.8, 4) is 11.3 Å². The molecule has 1 heterocycles. The molecular weight excluding hydrogens is 361 g/mol. The van der Waals surface area contributed by atoms with Gasteiger partial charge in [0.05, 0.1) is 18.5 Å². The van der Waals surface area contributed by atoms with Crippen molar-refractivity contribution < 1.29 is 17.6 Å². The van der Waals surface area contributed by atoms with E-state index in [1.165, 1.54) is 11.9 Å². The summed E-state index contributed by atoms with van der Waals surface area (Å²) in [4.78, 5) is 1.03. The number of nitrogens with one attached hydrogen (secondary N) is 2. The van der Waals surface area contributed by atoms with Gasteiger partial charge >= 0.3 is 6.18 Å². The second kappa shape index (κ2) is 8.33. The van der Waals surface area contributed by atoms with Crippen LogP contribution in [0.2, 0.25) is 0 Å². The summed E-state index contributed by atoms with van der Waals surface area (Å²) in [6, 6.07) is 18.9. The van der Waals surface area contributed by atoms with Gasteiger partial charge in [0.15, 0.2) is 0 Å². The Morgan fingerprint density at radius 3 is 2.46 bits per heavy atom. The molecule has 3 aromatic rings. The van der Waals surface area contributed by atoms with Crippen molar-refractivity contribution >= 4 is 17.6 Å². The Hall–Kier alpha value is -2.38. The highest BCUT2D eigenvalue weighted by molar-refractivity contribution is 8.00. The van der Waals surface area contributed by atoms with Crippen molar-refractivity contribution in [1.82, 2.24) is 5.32 Å². The summed E-state index contributed by atoms with van der Waals surface area (Å²) >= 11 is 1.43. The van der Waals surface area contributed by atoms with Crippen molar-refractivity contribution in [3.63, 3.8) is 0 Å². The zero-order chi connectivity index (χ0) is 18.4. The minimum Gasteiger partial charge on any atom is -0.464 e. The van der Waals surface area contributed by atoms with Crippen LogP contribution in [0.5, 0.6) is 0 Å². The van der Waals surface area contributed by atoms with Crippen LogP contribution in [0.25, 0.3) is 11.3 Å². The smallest absolute Gasteiger partial charge is 0.401 e. The second-order valence-corrected chi connectivity index (χ2v) is 6.47. The van der Waals surface area contributed by atoms with Crippen molar-refractivity contribution in [2.75, 3.05) is 11.3 Å². The molecule has 1 aromatic heterocycles. The lowest BCUT2D eigenvalue weighted by Gasteiger charge is -2.13. The predicted octanol–water partition coefficient (Wildman–Crippen LogP) is 5.72. The monoisotopic (exact) mass is 378 g/mol. The molecule has 0 saturated carbocycles. The lowest BCUT2D eigenvalue weighted by atomic mass is 10.1. The highest BCUT2D eigenvalue weighted by Crippen LogP contribution is 2.32. The molecule has 0 atom stereocenters. The number of rotatable bonds is 7. The number of benzene rings is 2. The molecule has 0 spiro atoms. The maximum atomic E-state index is 12.3. The lowest BCUT2D eigenvalue weighted by Crippen LogP contribution is -2.28. The summed E-state index contributed by atoms with van der Waals surface area (Å²) in [5.74, 6) is 0.691. The van der Waals surface area contributed by atoms with Gasteiger partial charge in [-0.1, -0.05) is 24.3 Å². The van der Waals surface area contributed by atoms with E-state index in [-0.39, 0.29) is 6.54 Å². The highest BCUT2D eigenvalue weighted by Gasteiger charge is 2.26. The van der Waals surface area contributed by atoms with E-state index in [2.05, 4.69) is 10.0 Å². The Balaban J connectivity index is 1.77. The van der Waals surface area contributed by atoms with Crippen LogP contribution in [0.4, 0.5) is 18.9 Å². The molecule has 0 aliphatic carbocycles. The van der Waals surface area contributed by atoms with Gasteiger partial charge in [-0.3, -0.25) is 0 Å². The minimum atomic E-state index is -4.22. The van der Waals surface area contributed by atoms with Gasteiger partial charge in [0.1, 0.15) is 5.76 Å². The third-order valence-corrected chi connectivity index (χ3v) is 4.38. The SMILES string of the molecule is FC(F)(F)CNCc1ccc(-c2ccco2)c(NSc2ccccc2)c1. The number of hydrogen-bond acceptors (Lipinski definition) is 4. The molecule has 136 valence electrons. The van der Waals surface area contributed by atoms with E-state index in [9.17, 15) is 13.2 Å². The van der Waals surface area contributed by atoms with E-state index in [1.54, 1.807) is 18.4 Å². The van der Waals surface area contributed by atoms with Gasteiger partial charge in [0, 0.05) is 17.0 Å². The number of halogens is 3. The molecule has 0 unspecified atom stereocenters. The Morgan fingerprint density at radius 1 is 0.962 bits per heavy atom. The number of furan rings is 1. The van der Waals surface area contributed by atoms with Crippen LogP contribution < -0.4 is 10.0 Å². The first-order chi connectivity index (χ1) is 12.5. The van der Waals surface area contributed by atoms with Gasteiger partial charge < -0.3 is 14.5 Å². The number of alkyl halides is 3. The summed E-state index contributed by atoms with van der Waals surface area (Å²) in [5, 5.41) is 2.41. The number of anilines is 1. The molecular formula is C19H17F3N2OS. The predicted molar refractivity (Wildman–Crippen MR) is 97.8 cm³/mol. The van der Waals surface area contributed by atoms with Gasteiger partial charge in [-0.2, -0.15) is 13.2 Å². The summed E-state index contributed by atoms with van der Waals surface area (Å²) < 4.78 is 45.7. The Bertz CT molecular complexity index is 821. The molecule has 2 aromatic carbocycles. The summed E-state index contributed by atoms with van der Waals surface area (Å²) in [6.07, 6.45) is -2.64. The third-order valence-electron chi connectivity index (χ3n) is 3.55.